The van der Waals surface area contributed by atoms with Gasteiger partial charge in [0.1, 0.15) is 0 Å². The lowest BCUT2D eigenvalue weighted by Gasteiger charge is -2.19. The molecule has 0 aliphatic carbocycles. The van der Waals surface area contributed by atoms with E-state index in [1.54, 1.807) is 23.1 Å². The van der Waals surface area contributed by atoms with E-state index in [4.69, 9.17) is 23.2 Å². The fourth-order valence-electron chi connectivity index (χ4n) is 2.56. The average molecular weight is 419 g/mol. The third-order valence-electron chi connectivity index (χ3n) is 3.78. The molecule has 0 unspecified atom stereocenters. The molecule has 26 heavy (non-hydrogen) atoms. The molecule has 0 fully saturated rings. The number of benzene rings is 2. The van der Waals surface area contributed by atoms with Crippen LogP contribution in [0.1, 0.15) is 15.2 Å². The van der Waals surface area contributed by atoms with E-state index in [9.17, 15) is 4.79 Å². The normalized spacial score (nSPS) is 11.0. The smallest absolute Gasteiger partial charge is 0.270 e. The van der Waals surface area contributed by atoms with E-state index in [0.29, 0.717) is 25.9 Å². The lowest BCUT2D eigenvalue weighted by atomic mass is 10.2. The van der Waals surface area contributed by atoms with Crippen LogP contribution in [-0.4, -0.2) is 10.9 Å². The molecule has 0 bridgehead atoms. The van der Waals surface area contributed by atoms with Crippen molar-refractivity contribution in [1.82, 2.24) is 4.98 Å². The maximum atomic E-state index is 13.1. The van der Waals surface area contributed by atoms with Crippen molar-refractivity contribution in [3.05, 3.63) is 80.5 Å². The first-order valence-electron chi connectivity index (χ1n) is 7.77. The minimum Gasteiger partial charge on any atom is -0.279 e. The zero-order valence-corrected chi connectivity index (χ0v) is 16.5. The third-order valence-corrected chi connectivity index (χ3v) is 6.28. The van der Waals surface area contributed by atoms with E-state index in [-0.39, 0.29) is 5.91 Å². The lowest BCUT2D eigenvalue weighted by Crippen LogP contribution is -2.29. The van der Waals surface area contributed by atoms with Crippen LogP contribution in [0.3, 0.4) is 0 Å². The fourth-order valence-corrected chi connectivity index (χ4v) is 4.79. The number of carbonyl (C=O) groups is 1. The lowest BCUT2D eigenvalue weighted by molar-refractivity contribution is 0.0989. The van der Waals surface area contributed by atoms with Crippen LogP contribution in [0.2, 0.25) is 9.36 Å². The number of thiazole rings is 1. The number of amides is 1. The summed E-state index contributed by atoms with van der Waals surface area (Å²) in [5, 5.41) is 1.29. The van der Waals surface area contributed by atoms with Crippen LogP contribution in [0.15, 0.2) is 60.7 Å². The number of carbonyl (C=O) groups excluding carboxylic acids is 1. The highest BCUT2D eigenvalue weighted by Gasteiger charge is 2.23. The predicted octanol–water partition coefficient (Wildman–Crippen LogP) is 6.51. The summed E-state index contributed by atoms with van der Waals surface area (Å²) in [4.78, 5) is 20.0. The molecule has 3 nitrogen and oxygen atoms in total. The van der Waals surface area contributed by atoms with Crippen LogP contribution in [0, 0.1) is 0 Å². The first-order valence-corrected chi connectivity index (χ1v) is 10.2. The molecule has 0 radical (unpaired) electrons. The van der Waals surface area contributed by atoms with Crippen LogP contribution in [0.25, 0.3) is 10.2 Å². The molecular formula is C19H12Cl2N2OS2. The van der Waals surface area contributed by atoms with Crippen molar-refractivity contribution in [2.45, 2.75) is 6.54 Å². The van der Waals surface area contributed by atoms with Crippen molar-refractivity contribution in [3.8, 4) is 0 Å². The molecule has 0 N–H and O–H groups in total. The number of aromatic nitrogens is 1. The Hall–Kier alpha value is -1.92. The number of hydrogen-bond acceptors (Lipinski definition) is 4. The van der Waals surface area contributed by atoms with E-state index in [0.717, 1.165) is 15.8 Å². The average Bonchev–Trinajstić information content (AvgIpc) is 3.25. The molecule has 7 heteroatoms. The number of thiophene rings is 1. The standard InChI is InChI=1S/C19H12Cl2N2OS2/c20-13-6-7-14-16(10-13)26-19(22-14)23(11-12-4-2-1-3-5-12)18(24)15-8-9-17(21)25-15/h1-10H,11H2. The summed E-state index contributed by atoms with van der Waals surface area (Å²) in [6, 6.07) is 18.9. The molecule has 2 heterocycles. The van der Waals surface area contributed by atoms with E-state index in [1.807, 2.05) is 42.5 Å². The van der Waals surface area contributed by atoms with Gasteiger partial charge in [-0.05, 0) is 35.9 Å². The number of nitrogens with zero attached hydrogens (tertiary/aromatic N) is 2. The Morgan fingerprint density at radius 2 is 1.81 bits per heavy atom. The molecule has 4 aromatic rings. The quantitative estimate of drug-likeness (QED) is 0.378. The predicted molar refractivity (Wildman–Crippen MR) is 111 cm³/mol. The van der Waals surface area contributed by atoms with Gasteiger partial charge in [0, 0.05) is 5.02 Å². The monoisotopic (exact) mass is 418 g/mol. The van der Waals surface area contributed by atoms with E-state index in [2.05, 4.69) is 4.98 Å². The highest BCUT2D eigenvalue weighted by atomic mass is 35.5. The van der Waals surface area contributed by atoms with Crippen LogP contribution in [-0.2, 0) is 6.54 Å². The summed E-state index contributed by atoms with van der Waals surface area (Å²) in [5.41, 5.74) is 1.85. The molecule has 0 atom stereocenters. The highest BCUT2D eigenvalue weighted by Crippen LogP contribution is 2.33. The van der Waals surface area contributed by atoms with Crippen molar-refractivity contribution >= 4 is 67.1 Å². The van der Waals surface area contributed by atoms with Crippen LogP contribution < -0.4 is 4.90 Å². The summed E-state index contributed by atoms with van der Waals surface area (Å²) in [6.07, 6.45) is 0. The summed E-state index contributed by atoms with van der Waals surface area (Å²) < 4.78 is 1.53. The van der Waals surface area contributed by atoms with Gasteiger partial charge in [0.05, 0.1) is 26.0 Å². The topological polar surface area (TPSA) is 33.2 Å². The van der Waals surface area contributed by atoms with Gasteiger partial charge in [-0.3, -0.25) is 9.69 Å². The Bertz CT molecular complexity index is 1080. The fraction of sp³-hybridized carbons (Fsp3) is 0.0526. The van der Waals surface area contributed by atoms with Crippen molar-refractivity contribution in [1.29, 1.82) is 0 Å². The maximum absolute atomic E-state index is 13.1. The van der Waals surface area contributed by atoms with Gasteiger partial charge < -0.3 is 0 Å². The molecule has 130 valence electrons. The zero-order chi connectivity index (χ0) is 18.1. The molecule has 0 saturated carbocycles. The molecule has 0 aliphatic rings. The second-order valence-electron chi connectivity index (χ2n) is 5.59. The van der Waals surface area contributed by atoms with Crippen molar-refractivity contribution in [3.63, 3.8) is 0 Å². The number of rotatable bonds is 4. The molecule has 0 saturated heterocycles. The molecule has 0 spiro atoms. The molecular weight excluding hydrogens is 407 g/mol. The summed E-state index contributed by atoms with van der Waals surface area (Å²) >= 11 is 14.8. The summed E-state index contributed by atoms with van der Waals surface area (Å²) in [5.74, 6) is -0.115. The first kappa shape index (κ1) is 17.5. The van der Waals surface area contributed by atoms with Gasteiger partial charge in [-0.25, -0.2) is 4.98 Å². The number of hydrogen-bond donors (Lipinski definition) is 0. The van der Waals surface area contributed by atoms with Gasteiger partial charge in [-0.2, -0.15) is 0 Å². The van der Waals surface area contributed by atoms with Gasteiger partial charge in [-0.15, -0.1) is 11.3 Å². The van der Waals surface area contributed by atoms with Crippen LogP contribution in [0.4, 0.5) is 5.13 Å². The Morgan fingerprint density at radius 1 is 1.00 bits per heavy atom. The Morgan fingerprint density at radius 3 is 2.54 bits per heavy atom. The van der Waals surface area contributed by atoms with E-state index >= 15 is 0 Å². The van der Waals surface area contributed by atoms with Crippen molar-refractivity contribution in [2.24, 2.45) is 0 Å². The summed E-state index contributed by atoms with van der Waals surface area (Å²) in [6.45, 7) is 0.433. The van der Waals surface area contributed by atoms with Crippen LogP contribution >= 0.6 is 45.9 Å². The van der Waals surface area contributed by atoms with Gasteiger partial charge >= 0.3 is 0 Å². The Labute approximate surface area is 168 Å². The Kier molecular flexibility index (Phi) is 4.96. The van der Waals surface area contributed by atoms with E-state index < -0.39 is 0 Å². The summed E-state index contributed by atoms with van der Waals surface area (Å²) in [7, 11) is 0. The minimum atomic E-state index is -0.115. The molecule has 1 amide bonds. The Balaban J connectivity index is 1.76. The molecule has 4 rings (SSSR count). The largest absolute Gasteiger partial charge is 0.279 e. The number of anilines is 1. The van der Waals surface area contributed by atoms with Gasteiger partial charge in [0.25, 0.3) is 5.91 Å². The minimum absolute atomic E-state index is 0.115. The SMILES string of the molecule is O=C(c1ccc(Cl)s1)N(Cc1ccccc1)c1nc2ccc(Cl)cc2s1. The van der Waals surface area contributed by atoms with Gasteiger partial charge in [0.2, 0.25) is 0 Å². The third kappa shape index (κ3) is 3.62. The number of halogens is 2. The molecule has 0 aliphatic heterocycles. The van der Waals surface area contributed by atoms with Crippen LogP contribution in [0.5, 0.6) is 0 Å². The molecule has 2 aromatic heterocycles. The maximum Gasteiger partial charge on any atom is 0.270 e. The molecule has 2 aromatic carbocycles. The zero-order valence-electron chi connectivity index (χ0n) is 13.4. The first-order chi connectivity index (χ1) is 12.6. The second-order valence-corrected chi connectivity index (χ2v) is 8.75. The van der Waals surface area contributed by atoms with Crippen molar-refractivity contribution in [2.75, 3.05) is 4.90 Å². The van der Waals surface area contributed by atoms with Gasteiger partial charge in [-0.1, -0.05) is 64.9 Å². The van der Waals surface area contributed by atoms with E-state index in [1.165, 1.54) is 22.7 Å². The number of fused-ring (bicyclic) bond motifs is 1. The van der Waals surface area contributed by atoms with Crippen molar-refractivity contribution < 1.29 is 4.79 Å². The van der Waals surface area contributed by atoms with Gasteiger partial charge in [0.15, 0.2) is 5.13 Å². The highest BCUT2D eigenvalue weighted by molar-refractivity contribution is 7.22. The second kappa shape index (κ2) is 7.37.